The topological polar surface area (TPSA) is 52.5 Å². The van der Waals surface area contributed by atoms with Crippen LogP contribution in [0.2, 0.25) is 0 Å². The maximum atomic E-state index is 8.93. The summed E-state index contributed by atoms with van der Waals surface area (Å²) in [6.45, 7) is 0.0920. The molecule has 3 nitrogen and oxygen atoms in total. The summed E-state index contributed by atoms with van der Waals surface area (Å²) in [6.07, 6.45) is 5.35. The van der Waals surface area contributed by atoms with Crippen molar-refractivity contribution < 1.29 is 10.2 Å². The second kappa shape index (κ2) is 3.95. The van der Waals surface area contributed by atoms with E-state index in [1.54, 1.807) is 0 Å². The summed E-state index contributed by atoms with van der Waals surface area (Å²) < 4.78 is 0. The zero-order chi connectivity index (χ0) is 9.26. The molecule has 2 rings (SSSR count). The Hall–Kier alpha value is -0.120. The first kappa shape index (κ1) is 9.44. The number of nitrogens with one attached hydrogen (secondary N) is 1. The van der Waals surface area contributed by atoms with E-state index in [-0.39, 0.29) is 19.3 Å². The molecule has 0 heterocycles. The van der Waals surface area contributed by atoms with Crippen molar-refractivity contribution in [2.24, 2.45) is 11.8 Å². The second-order valence-corrected chi connectivity index (χ2v) is 4.51. The molecule has 0 spiro atoms. The largest absolute Gasteiger partial charge is 0.395 e. The van der Waals surface area contributed by atoms with Crippen LogP contribution in [0, 0.1) is 11.8 Å². The summed E-state index contributed by atoms with van der Waals surface area (Å²) in [7, 11) is 0. The van der Waals surface area contributed by atoms with Gasteiger partial charge < -0.3 is 15.5 Å². The van der Waals surface area contributed by atoms with Crippen molar-refractivity contribution >= 4 is 0 Å². The number of hydrogen-bond acceptors (Lipinski definition) is 3. The van der Waals surface area contributed by atoms with Crippen molar-refractivity contribution in [1.82, 2.24) is 5.32 Å². The van der Waals surface area contributed by atoms with Gasteiger partial charge in [0, 0.05) is 6.04 Å². The fourth-order valence-electron chi connectivity index (χ4n) is 2.91. The molecule has 3 heteroatoms. The average molecular weight is 185 g/mol. The molecule has 0 aliphatic heterocycles. The third-order valence-corrected chi connectivity index (χ3v) is 3.63. The van der Waals surface area contributed by atoms with Gasteiger partial charge in [0.25, 0.3) is 0 Å². The fraction of sp³-hybridized carbons (Fsp3) is 1.00. The Balaban J connectivity index is 1.82. The summed E-state index contributed by atoms with van der Waals surface area (Å²) >= 11 is 0. The minimum Gasteiger partial charge on any atom is -0.395 e. The summed E-state index contributed by atoms with van der Waals surface area (Å²) in [5, 5.41) is 21.2. The zero-order valence-electron chi connectivity index (χ0n) is 7.95. The molecule has 2 bridgehead atoms. The average Bonchev–Trinajstić information content (AvgIpc) is 2.75. The molecule has 0 aromatic heterocycles. The highest BCUT2D eigenvalue weighted by Crippen LogP contribution is 2.44. The lowest BCUT2D eigenvalue weighted by molar-refractivity contribution is 0.152. The summed E-state index contributed by atoms with van der Waals surface area (Å²) in [4.78, 5) is 0. The van der Waals surface area contributed by atoms with Crippen LogP contribution in [-0.2, 0) is 0 Å². The SMILES string of the molecule is OCC(CO)N[C@H]1C[C@@H]2CC[C@@H]1C2. The van der Waals surface area contributed by atoms with Gasteiger partial charge in [0.15, 0.2) is 0 Å². The Bertz CT molecular complexity index is 170. The molecule has 0 saturated heterocycles. The van der Waals surface area contributed by atoms with Crippen LogP contribution in [0.5, 0.6) is 0 Å². The molecule has 0 radical (unpaired) electrons. The van der Waals surface area contributed by atoms with Crippen molar-refractivity contribution in [3.8, 4) is 0 Å². The van der Waals surface area contributed by atoms with Crippen LogP contribution in [0.1, 0.15) is 25.7 Å². The molecule has 13 heavy (non-hydrogen) atoms. The number of hydrogen-bond donors (Lipinski definition) is 3. The number of aliphatic hydroxyl groups excluding tert-OH is 2. The van der Waals surface area contributed by atoms with E-state index in [9.17, 15) is 0 Å². The van der Waals surface area contributed by atoms with E-state index in [2.05, 4.69) is 5.32 Å². The van der Waals surface area contributed by atoms with E-state index in [0.29, 0.717) is 6.04 Å². The molecule has 2 aliphatic carbocycles. The zero-order valence-corrected chi connectivity index (χ0v) is 7.95. The van der Waals surface area contributed by atoms with Gasteiger partial charge in [0.2, 0.25) is 0 Å². The second-order valence-electron chi connectivity index (χ2n) is 4.51. The molecule has 76 valence electrons. The van der Waals surface area contributed by atoms with Gasteiger partial charge in [0.1, 0.15) is 0 Å². The highest BCUT2D eigenvalue weighted by Gasteiger charge is 2.39. The first-order valence-corrected chi connectivity index (χ1v) is 5.31. The fourth-order valence-corrected chi connectivity index (χ4v) is 2.91. The van der Waals surface area contributed by atoms with E-state index in [1.807, 2.05) is 0 Å². The molecule has 0 aromatic rings. The van der Waals surface area contributed by atoms with E-state index in [0.717, 1.165) is 11.8 Å². The summed E-state index contributed by atoms with van der Waals surface area (Å²) in [6, 6.07) is 0.451. The van der Waals surface area contributed by atoms with Gasteiger partial charge in [0.05, 0.1) is 19.3 Å². The Morgan fingerprint density at radius 1 is 1.15 bits per heavy atom. The molecule has 0 aromatic carbocycles. The van der Waals surface area contributed by atoms with E-state index >= 15 is 0 Å². The van der Waals surface area contributed by atoms with Gasteiger partial charge in [-0.3, -0.25) is 0 Å². The maximum absolute atomic E-state index is 8.93. The standard InChI is InChI=1S/C10H19NO2/c12-5-9(6-13)11-10-4-7-1-2-8(10)3-7/h7-13H,1-6H2/t7-,8-,10+/m1/s1. The molecule has 3 N–H and O–H groups in total. The molecule has 2 saturated carbocycles. The van der Waals surface area contributed by atoms with Gasteiger partial charge in [-0.1, -0.05) is 6.42 Å². The van der Waals surface area contributed by atoms with E-state index < -0.39 is 0 Å². The number of fused-ring (bicyclic) bond motifs is 2. The van der Waals surface area contributed by atoms with Crippen molar-refractivity contribution in [3.05, 3.63) is 0 Å². The minimum absolute atomic E-state index is 0.0460. The van der Waals surface area contributed by atoms with Crippen LogP contribution >= 0.6 is 0 Å². The molecule has 2 aliphatic rings. The van der Waals surface area contributed by atoms with Crippen LogP contribution in [-0.4, -0.2) is 35.5 Å². The Morgan fingerprint density at radius 2 is 1.92 bits per heavy atom. The Labute approximate surface area is 79.2 Å². The predicted octanol–water partition coefficient (Wildman–Crippen LogP) is 0.118. The Kier molecular flexibility index (Phi) is 2.86. The van der Waals surface area contributed by atoms with Crippen molar-refractivity contribution in [3.63, 3.8) is 0 Å². The lowest BCUT2D eigenvalue weighted by Crippen LogP contribution is -2.45. The lowest BCUT2D eigenvalue weighted by Gasteiger charge is -2.26. The highest BCUT2D eigenvalue weighted by atomic mass is 16.3. The van der Waals surface area contributed by atoms with Gasteiger partial charge >= 0.3 is 0 Å². The molecule has 3 atom stereocenters. The van der Waals surface area contributed by atoms with Gasteiger partial charge in [-0.25, -0.2) is 0 Å². The smallest absolute Gasteiger partial charge is 0.0607 e. The molecule has 0 unspecified atom stereocenters. The minimum atomic E-state index is -0.107. The van der Waals surface area contributed by atoms with Crippen LogP contribution in [0.4, 0.5) is 0 Å². The monoisotopic (exact) mass is 185 g/mol. The first-order chi connectivity index (χ1) is 6.33. The maximum Gasteiger partial charge on any atom is 0.0607 e. The lowest BCUT2D eigenvalue weighted by atomic mass is 9.95. The molecular formula is C10H19NO2. The van der Waals surface area contributed by atoms with Gasteiger partial charge in [-0.15, -0.1) is 0 Å². The molecule has 0 amide bonds. The highest BCUT2D eigenvalue weighted by molar-refractivity contribution is 4.95. The van der Waals surface area contributed by atoms with Crippen molar-refractivity contribution in [1.29, 1.82) is 0 Å². The first-order valence-electron chi connectivity index (χ1n) is 5.31. The van der Waals surface area contributed by atoms with Crippen molar-refractivity contribution in [2.45, 2.75) is 37.8 Å². The van der Waals surface area contributed by atoms with Gasteiger partial charge in [-0.2, -0.15) is 0 Å². The van der Waals surface area contributed by atoms with Crippen LogP contribution < -0.4 is 5.32 Å². The third kappa shape index (κ3) is 1.87. The number of rotatable bonds is 4. The normalized spacial score (nSPS) is 37.6. The van der Waals surface area contributed by atoms with Gasteiger partial charge in [-0.05, 0) is 31.1 Å². The summed E-state index contributed by atoms with van der Waals surface area (Å²) in [5.74, 6) is 1.73. The molecular weight excluding hydrogens is 166 g/mol. The van der Waals surface area contributed by atoms with Crippen LogP contribution in [0.15, 0.2) is 0 Å². The van der Waals surface area contributed by atoms with E-state index in [1.165, 1.54) is 25.7 Å². The van der Waals surface area contributed by atoms with Crippen LogP contribution in [0.3, 0.4) is 0 Å². The van der Waals surface area contributed by atoms with E-state index in [4.69, 9.17) is 10.2 Å². The quantitative estimate of drug-likeness (QED) is 0.583. The predicted molar refractivity (Wildman–Crippen MR) is 50.3 cm³/mol. The van der Waals surface area contributed by atoms with Crippen molar-refractivity contribution in [2.75, 3.05) is 13.2 Å². The molecule has 2 fully saturated rings. The number of aliphatic hydroxyl groups is 2. The third-order valence-electron chi connectivity index (χ3n) is 3.63. The van der Waals surface area contributed by atoms with Crippen LogP contribution in [0.25, 0.3) is 0 Å². The summed E-state index contributed by atoms with van der Waals surface area (Å²) in [5.41, 5.74) is 0. The Morgan fingerprint density at radius 3 is 2.38 bits per heavy atom.